The smallest absolute Gasteiger partial charge is 0.247 e. The fourth-order valence-corrected chi connectivity index (χ4v) is 5.00. The molecule has 2 aromatic carbocycles. The Kier molecular flexibility index (Phi) is 7.94. The van der Waals surface area contributed by atoms with Crippen molar-refractivity contribution < 1.29 is 34.1 Å². The van der Waals surface area contributed by atoms with Crippen molar-refractivity contribution in [2.24, 2.45) is 5.92 Å². The summed E-state index contributed by atoms with van der Waals surface area (Å²) in [4.78, 5) is 39.9. The highest BCUT2D eigenvalue weighted by atomic mass is 16.5. The van der Waals surface area contributed by atoms with Gasteiger partial charge in [-0.2, -0.15) is 0 Å². The van der Waals surface area contributed by atoms with Crippen LogP contribution >= 0.6 is 0 Å². The Morgan fingerprint density at radius 2 is 1.95 bits per heavy atom. The van der Waals surface area contributed by atoms with E-state index in [1.165, 1.54) is 13.2 Å². The number of carbonyl (C=O) groups excluding carboxylic acids is 3. The Hall–Kier alpha value is -3.69. The van der Waals surface area contributed by atoms with Crippen LogP contribution in [0.4, 0.5) is 0 Å². The third-order valence-corrected chi connectivity index (χ3v) is 6.74. The first-order valence-corrected chi connectivity index (χ1v) is 12.3. The number of amides is 2. The normalized spacial score (nSPS) is 21.8. The predicted molar refractivity (Wildman–Crippen MR) is 135 cm³/mol. The monoisotopic (exact) mass is 508 g/mol. The van der Waals surface area contributed by atoms with Gasteiger partial charge < -0.3 is 29.9 Å². The number of aldehydes is 1. The highest BCUT2D eigenvalue weighted by Gasteiger charge is 2.51. The maximum absolute atomic E-state index is 13.4. The van der Waals surface area contributed by atoms with E-state index in [1.54, 1.807) is 30.9 Å². The molecule has 9 heteroatoms. The molecule has 4 unspecified atom stereocenters. The lowest BCUT2D eigenvalue weighted by Gasteiger charge is -2.41. The van der Waals surface area contributed by atoms with E-state index in [9.17, 15) is 24.6 Å². The first-order valence-electron chi connectivity index (χ1n) is 12.3. The van der Waals surface area contributed by atoms with Crippen LogP contribution in [-0.4, -0.2) is 71.7 Å². The lowest BCUT2D eigenvalue weighted by molar-refractivity contribution is -0.141. The lowest BCUT2D eigenvalue weighted by atomic mass is 9.77. The fourth-order valence-electron chi connectivity index (χ4n) is 5.00. The van der Waals surface area contributed by atoms with Crippen LogP contribution in [0.15, 0.2) is 54.1 Å². The van der Waals surface area contributed by atoms with Crippen LogP contribution in [0.1, 0.15) is 41.3 Å². The van der Waals surface area contributed by atoms with Crippen molar-refractivity contribution in [3.05, 3.63) is 70.8 Å². The summed E-state index contributed by atoms with van der Waals surface area (Å²) in [5, 5.41) is 23.6. The number of ether oxygens (including phenoxy) is 2. The zero-order chi connectivity index (χ0) is 26.7. The van der Waals surface area contributed by atoms with Gasteiger partial charge in [0.1, 0.15) is 18.5 Å². The molecule has 0 spiro atoms. The maximum Gasteiger partial charge on any atom is 0.247 e. The van der Waals surface area contributed by atoms with Crippen LogP contribution in [0.5, 0.6) is 11.5 Å². The first kappa shape index (κ1) is 26.4. The molecule has 2 aromatic rings. The molecule has 3 N–H and O–H groups in total. The number of rotatable bonds is 9. The van der Waals surface area contributed by atoms with Crippen LogP contribution in [0, 0.1) is 5.92 Å². The Morgan fingerprint density at radius 3 is 2.57 bits per heavy atom. The predicted octanol–water partition coefficient (Wildman–Crippen LogP) is 1.82. The number of aliphatic hydroxyl groups is 2. The lowest BCUT2D eigenvalue weighted by Crippen LogP contribution is -2.56. The topological polar surface area (TPSA) is 125 Å². The summed E-state index contributed by atoms with van der Waals surface area (Å²) in [5.41, 5.74) is 2.04. The molecule has 0 bridgehead atoms. The maximum atomic E-state index is 13.4. The molecule has 0 radical (unpaired) electrons. The number of nitrogens with one attached hydrogen (secondary N) is 1. The Labute approximate surface area is 215 Å². The van der Waals surface area contributed by atoms with E-state index in [0.29, 0.717) is 28.9 Å². The number of methoxy groups -OCH3 is 1. The molecule has 4 atom stereocenters. The van der Waals surface area contributed by atoms with Gasteiger partial charge in [0.25, 0.3) is 0 Å². The summed E-state index contributed by atoms with van der Waals surface area (Å²) in [6.07, 6.45) is 0.202. The summed E-state index contributed by atoms with van der Waals surface area (Å²) >= 11 is 0. The molecule has 37 heavy (non-hydrogen) atoms. The zero-order valence-electron chi connectivity index (χ0n) is 21.1. The second kappa shape index (κ2) is 11.1. The number of fused-ring (bicyclic) bond motifs is 3. The van der Waals surface area contributed by atoms with Gasteiger partial charge in [-0.25, -0.2) is 0 Å². The van der Waals surface area contributed by atoms with Crippen molar-refractivity contribution >= 4 is 18.1 Å². The molecule has 1 aliphatic carbocycles. The van der Waals surface area contributed by atoms with Gasteiger partial charge >= 0.3 is 0 Å². The van der Waals surface area contributed by atoms with Gasteiger partial charge in [-0.15, -0.1) is 0 Å². The molecule has 0 fully saturated rings. The van der Waals surface area contributed by atoms with E-state index in [1.807, 2.05) is 30.3 Å². The third-order valence-electron chi connectivity index (χ3n) is 6.74. The number of carbonyl (C=O) groups is 3. The summed E-state index contributed by atoms with van der Waals surface area (Å²) in [6.45, 7) is 3.58. The third kappa shape index (κ3) is 5.10. The molecule has 1 heterocycles. The van der Waals surface area contributed by atoms with Crippen molar-refractivity contribution in [2.75, 3.05) is 20.3 Å². The second-order valence-corrected chi connectivity index (χ2v) is 9.51. The first-order chi connectivity index (χ1) is 17.8. The highest BCUT2D eigenvalue weighted by molar-refractivity contribution is 5.96. The SMILES string of the molecule is COc1cc(C=O)cc2c1OC1C2C(C(=O)NCCO)=CC(N(Cc2ccccc2)C(=O)C(C)C)C1O. The van der Waals surface area contributed by atoms with Crippen molar-refractivity contribution in [1.29, 1.82) is 0 Å². The van der Waals surface area contributed by atoms with Crippen LogP contribution in [0.3, 0.4) is 0 Å². The van der Waals surface area contributed by atoms with E-state index in [4.69, 9.17) is 9.47 Å². The molecule has 1 aliphatic heterocycles. The van der Waals surface area contributed by atoms with Crippen molar-refractivity contribution in [2.45, 2.75) is 44.6 Å². The molecule has 2 aliphatic rings. The minimum absolute atomic E-state index is 0.0326. The Morgan fingerprint density at radius 1 is 1.22 bits per heavy atom. The fraction of sp³-hybridized carbons (Fsp3) is 0.393. The van der Waals surface area contributed by atoms with E-state index in [-0.39, 0.29) is 37.1 Å². The van der Waals surface area contributed by atoms with E-state index in [2.05, 4.69) is 5.32 Å². The summed E-state index contributed by atoms with van der Waals surface area (Å²) in [5.74, 6) is -1.05. The van der Waals surface area contributed by atoms with Crippen LogP contribution in [0.2, 0.25) is 0 Å². The standard InChI is InChI=1S/C28H32N2O7/c1-16(2)28(35)30(14-17-7-5-4-6-8-17)21-13-20(27(34)29-9-10-31)23-19-11-18(15-32)12-22(36-3)25(19)37-26(23)24(21)33/h4-8,11-13,15-16,21,23-24,26,31,33H,9-10,14H2,1-3H3,(H,29,34). The quantitative estimate of drug-likeness (QED) is 0.441. The molecule has 4 rings (SSSR count). The van der Waals surface area contributed by atoms with Gasteiger partial charge in [0.15, 0.2) is 11.5 Å². The largest absolute Gasteiger partial charge is 0.493 e. The molecule has 0 saturated carbocycles. The van der Waals surface area contributed by atoms with Crippen LogP contribution in [0.25, 0.3) is 0 Å². The summed E-state index contributed by atoms with van der Waals surface area (Å²) in [6, 6.07) is 11.7. The Bertz CT molecular complexity index is 1190. The highest BCUT2D eigenvalue weighted by Crippen LogP contribution is 2.51. The summed E-state index contributed by atoms with van der Waals surface area (Å²) in [7, 11) is 1.45. The van der Waals surface area contributed by atoms with Gasteiger partial charge in [0, 0.05) is 35.7 Å². The summed E-state index contributed by atoms with van der Waals surface area (Å²) < 4.78 is 11.6. The minimum Gasteiger partial charge on any atom is -0.493 e. The molecular formula is C28H32N2O7. The van der Waals surface area contributed by atoms with E-state index >= 15 is 0 Å². The van der Waals surface area contributed by atoms with Crippen LogP contribution in [-0.2, 0) is 16.1 Å². The average molecular weight is 509 g/mol. The molecular weight excluding hydrogens is 476 g/mol. The molecule has 9 nitrogen and oxygen atoms in total. The zero-order valence-corrected chi connectivity index (χ0v) is 21.1. The van der Waals surface area contributed by atoms with Crippen molar-refractivity contribution in [1.82, 2.24) is 10.2 Å². The minimum atomic E-state index is -1.18. The molecule has 0 aromatic heterocycles. The number of aliphatic hydroxyl groups excluding tert-OH is 2. The van der Waals surface area contributed by atoms with E-state index < -0.39 is 30.1 Å². The molecule has 196 valence electrons. The number of nitrogens with zero attached hydrogens (tertiary/aromatic N) is 1. The van der Waals surface area contributed by atoms with Crippen LogP contribution < -0.4 is 14.8 Å². The number of hydrogen-bond acceptors (Lipinski definition) is 7. The molecule has 0 saturated heterocycles. The average Bonchev–Trinajstić information content (AvgIpc) is 3.30. The van der Waals surface area contributed by atoms with Gasteiger partial charge in [0.05, 0.1) is 25.7 Å². The van der Waals surface area contributed by atoms with Gasteiger partial charge in [-0.3, -0.25) is 14.4 Å². The second-order valence-electron chi connectivity index (χ2n) is 9.51. The van der Waals surface area contributed by atoms with Crippen molar-refractivity contribution in [3.63, 3.8) is 0 Å². The van der Waals surface area contributed by atoms with Gasteiger partial charge in [-0.1, -0.05) is 44.2 Å². The van der Waals surface area contributed by atoms with Gasteiger partial charge in [-0.05, 0) is 23.8 Å². The van der Waals surface area contributed by atoms with Crippen molar-refractivity contribution in [3.8, 4) is 11.5 Å². The number of hydrogen-bond donors (Lipinski definition) is 3. The van der Waals surface area contributed by atoms with Gasteiger partial charge in [0.2, 0.25) is 11.8 Å². The molecule has 2 amide bonds. The Balaban J connectivity index is 1.83. The van der Waals surface area contributed by atoms with E-state index in [0.717, 1.165) is 5.56 Å². The number of benzene rings is 2.